The predicted octanol–water partition coefficient (Wildman–Crippen LogP) is 3.26. The van der Waals surface area contributed by atoms with Crippen LogP contribution < -0.4 is 11.1 Å². The van der Waals surface area contributed by atoms with Gasteiger partial charge in [0.05, 0.1) is 12.3 Å². The molecule has 0 unspecified atom stereocenters. The Labute approximate surface area is 135 Å². The first kappa shape index (κ1) is 20.1. The molecule has 0 radical (unpaired) electrons. The summed E-state index contributed by atoms with van der Waals surface area (Å²) in [6.45, 7) is 3.17. The van der Waals surface area contributed by atoms with Crippen molar-refractivity contribution in [3.63, 3.8) is 0 Å². The number of ether oxygens (including phenoxy) is 1. The number of oxazole rings is 1. The van der Waals surface area contributed by atoms with Gasteiger partial charge in [-0.15, -0.1) is 0 Å². The van der Waals surface area contributed by atoms with E-state index in [0.717, 1.165) is 0 Å². The maximum absolute atomic E-state index is 12.4. The third-order valence-electron chi connectivity index (χ3n) is 2.00. The van der Waals surface area contributed by atoms with Crippen LogP contribution in [0.4, 0.5) is 19.2 Å². The first-order chi connectivity index (χ1) is 10.1. The molecule has 0 atom stereocenters. The van der Waals surface area contributed by atoms with Crippen molar-refractivity contribution in [3.8, 4) is 0 Å². The van der Waals surface area contributed by atoms with E-state index in [9.17, 15) is 13.2 Å². The van der Waals surface area contributed by atoms with Crippen LogP contribution in [0.5, 0.6) is 0 Å². The Balaban J connectivity index is 0.000000980. The van der Waals surface area contributed by atoms with E-state index in [0.29, 0.717) is 11.5 Å². The second kappa shape index (κ2) is 9.95. The standard InChI is InChI=1S/C10H11F3N2O2S.CH3NOS/c1-5-6(2)17-9(14-5)15-10(18)16-4-3-7(11)8(12)13;2-1(3)4/h3-4H2,1-2H3,(H,14,15,18);(H3,2,3,4). The molecule has 1 rings (SSSR count). The van der Waals surface area contributed by atoms with Crippen LogP contribution in [0.25, 0.3) is 0 Å². The molecule has 124 valence electrons. The lowest BCUT2D eigenvalue weighted by Gasteiger charge is -2.05. The van der Waals surface area contributed by atoms with E-state index in [1.54, 1.807) is 13.8 Å². The lowest BCUT2D eigenvalue weighted by atomic mass is 10.4. The lowest BCUT2D eigenvalue weighted by Crippen LogP contribution is -2.14. The van der Waals surface area contributed by atoms with Gasteiger partial charge in [0.2, 0.25) is 0 Å². The maximum atomic E-state index is 12.4. The van der Waals surface area contributed by atoms with Crippen LogP contribution in [-0.4, -0.2) is 27.0 Å². The zero-order valence-electron chi connectivity index (χ0n) is 11.7. The van der Waals surface area contributed by atoms with Crippen molar-refractivity contribution >= 4 is 40.8 Å². The third-order valence-corrected chi connectivity index (χ3v) is 2.22. The summed E-state index contributed by atoms with van der Waals surface area (Å²) in [5.41, 5.74) is 5.09. The Kier molecular flexibility index (Phi) is 9.10. The quantitative estimate of drug-likeness (QED) is 0.707. The molecule has 1 heterocycles. The Morgan fingerprint density at radius 3 is 2.32 bits per heavy atom. The topological polar surface area (TPSA) is 93.5 Å². The minimum Gasteiger partial charge on any atom is -0.487 e. The molecule has 0 aliphatic rings. The summed E-state index contributed by atoms with van der Waals surface area (Å²) >= 11 is 8.62. The van der Waals surface area contributed by atoms with Gasteiger partial charge in [0, 0.05) is 6.42 Å². The molecule has 0 saturated carbocycles. The zero-order chi connectivity index (χ0) is 17.3. The average Bonchev–Trinajstić information content (AvgIpc) is 2.67. The van der Waals surface area contributed by atoms with E-state index in [1.807, 2.05) is 0 Å². The number of aliphatic hydroxyl groups excluding tert-OH is 1. The number of aliphatic hydroxyl groups is 1. The van der Waals surface area contributed by atoms with Gasteiger partial charge in [-0.05, 0) is 38.3 Å². The van der Waals surface area contributed by atoms with Crippen molar-refractivity contribution in [3.05, 3.63) is 23.4 Å². The Morgan fingerprint density at radius 1 is 1.36 bits per heavy atom. The van der Waals surface area contributed by atoms with Crippen LogP contribution in [-0.2, 0) is 4.74 Å². The highest BCUT2D eigenvalue weighted by molar-refractivity contribution is 7.80. The SMILES string of the molecule is Cc1nc(NC(=S)OCCC(F)=C(F)F)oc1C.NC(O)=S. The van der Waals surface area contributed by atoms with Crippen LogP contribution in [0.1, 0.15) is 17.9 Å². The zero-order valence-corrected chi connectivity index (χ0v) is 13.3. The number of halogens is 3. The number of nitrogens with two attached hydrogens (primary N) is 1. The molecule has 0 aliphatic heterocycles. The normalized spacial score (nSPS) is 9.32. The van der Waals surface area contributed by atoms with Crippen molar-refractivity contribution in [2.24, 2.45) is 5.73 Å². The summed E-state index contributed by atoms with van der Waals surface area (Å²) < 4.78 is 45.8. The minimum atomic E-state index is -2.35. The monoisotopic (exact) mass is 357 g/mol. The highest BCUT2D eigenvalue weighted by Gasteiger charge is 2.09. The van der Waals surface area contributed by atoms with Crippen molar-refractivity contribution < 1.29 is 27.4 Å². The summed E-state index contributed by atoms with van der Waals surface area (Å²) in [5.74, 6) is -0.894. The van der Waals surface area contributed by atoms with Gasteiger partial charge in [0.15, 0.2) is 5.83 Å². The number of anilines is 1. The smallest absolute Gasteiger partial charge is 0.302 e. The van der Waals surface area contributed by atoms with Gasteiger partial charge < -0.3 is 20.0 Å². The molecule has 0 aromatic carbocycles. The lowest BCUT2D eigenvalue weighted by molar-refractivity contribution is 0.289. The van der Waals surface area contributed by atoms with E-state index in [4.69, 9.17) is 26.5 Å². The van der Waals surface area contributed by atoms with E-state index in [-0.39, 0.29) is 17.8 Å². The molecule has 0 aliphatic carbocycles. The van der Waals surface area contributed by atoms with Gasteiger partial charge in [0.1, 0.15) is 5.76 Å². The van der Waals surface area contributed by atoms with Crippen molar-refractivity contribution in [2.45, 2.75) is 20.3 Å². The Morgan fingerprint density at radius 2 is 1.91 bits per heavy atom. The van der Waals surface area contributed by atoms with Gasteiger partial charge in [-0.1, -0.05) is 0 Å². The average molecular weight is 357 g/mol. The van der Waals surface area contributed by atoms with Gasteiger partial charge in [-0.2, -0.15) is 13.8 Å². The molecule has 0 bridgehead atoms. The van der Waals surface area contributed by atoms with Crippen LogP contribution >= 0.6 is 24.4 Å². The van der Waals surface area contributed by atoms with E-state index in [2.05, 4.69) is 28.3 Å². The number of nitrogens with zero attached hydrogens (tertiary/aromatic N) is 1. The van der Waals surface area contributed by atoms with Gasteiger partial charge in [0.25, 0.3) is 10.3 Å². The summed E-state index contributed by atoms with van der Waals surface area (Å²) in [5, 5.41) is 9.45. The summed E-state index contributed by atoms with van der Waals surface area (Å²) in [6, 6.07) is 0.141. The van der Waals surface area contributed by atoms with E-state index < -0.39 is 23.5 Å². The molecule has 1 aromatic heterocycles. The molecule has 22 heavy (non-hydrogen) atoms. The molecular formula is C11H14F3N3O3S2. The van der Waals surface area contributed by atoms with Crippen molar-refractivity contribution in [1.82, 2.24) is 4.98 Å². The number of aromatic nitrogens is 1. The largest absolute Gasteiger partial charge is 0.487 e. The van der Waals surface area contributed by atoms with Crippen LogP contribution in [0.2, 0.25) is 0 Å². The van der Waals surface area contributed by atoms with Crippen molar-refractivity contribution in [2.75, 3.05) is 11.9 Å². The number of hydrogen-bond acceptors (Lipinski definition) is 5. The minimum absolute atomic E-state index is 0.122. The fourth-order valence-electron chi connectivity index (χ4n) is 0.977. The van der Waals surface area contributed by atoms with Gasteiger partial charge in [-0.25, -0.2) is 4.39 Å². The fourth-order valence-corrected chi connectivity index (χ4v) is 1.15. The Bertz CT molecular complexity index is 537. The number of aryl methyl sites for hydroxylation is 2. The molecule has 0 saturated heterocycles. The second-order valence-corrected chi connectivity index (χ2v) is 4.46. The first-order valence-corrected chi connectivity index (χ1v) is 6.51. The number of nitrogens with one attached hydrogen (secondary N) is 1. The molecule has 0 fully saturated rings. The second-order valence-electron chi connectivity index (χ2n) is 3.68. The molecule has 1 aromatic rings. The summed E-state index contributed by atoms with van der Waals surface area (Å²) in [4.78, 5) is 3.97. The number of thiocarbonyl (C=S) groups is 2. The molecule has 4 N–H and O–H groups in total. The highest BCUT2D eigenvalue weighted by atomic mass is 32.1. The van der Waals surface area contributed by atoms with E-state index >= 15 is 0 Å². The molecule has 11 heteroatoms. The van der Waals surface area contributed by atoms with Gasteiger partial charge >= 0.3 is 12.1 Å². The highest BCUT2D eigenvalue weighted by Crippen LogP contribution is 2.14. The number of hydrogen-bond donors (Lipinski definition) is 3. The van der Waals surface area contributed by atoms with Gasteiger partial charge in [-0.3, -0.25) is 5.32 Å². The number of rotatable bonds is 4. The predicted molar refractivity (Wildman–Crippen MR) is 82.5 cm³/mol. The molecule has 0 spiro atoms. The summed E-state index contributed by atoms with van der Waals surface area (Å²) in [6.07, 6.45) is -2.90. The van der Waals surface area contributed by atoms with Crippen molar-refractivity contribution in [1.29, 1.82) is 0 Å². The van der Waals surface area contributed by atoms with E-state index in [1.165, 1.54) is 0 Å². The fraction of sp³-hybridized carbons (Fsp3) is 0.364. The third kappa shape index (κ3) is 9.13. The molecular weight excluding hydrogens is 343 g/mol. The van der Waals surface area contributed by atoms with Crippen LogP contribution in [0, 0.1) is 13.8 Å². The molecule has 0 amide bonds. The van der Waals surface area contributed by atoms with Crippen LogP contribution in [0.3, 0.4) is 0 Å². The Hall–Kier alpha value is -1.88. The molecule has 6 nitrogen and oxygen atoms in total. The first-order valence-electron chi connectivity index (χ1n) is 5.69. The van der Waals surface area contributed by atoms with Crippen LogP contribution in [0.15, 0.2) is 16.3 Å². The maximum Gasteiger partial charge on any atom is 0.302 e. The summed E-state index contributed by atoms with van der Waals surface area (Å²) in [7, 11) is 0.